The lowest BCUT2D eigenvalue weighted by Gasteiger charge is -2.45. The summed E-state index contributed by atoms with van der Waals surface area (Å²) in [5.41, 5.74) is 0. The van der Waals surface area contributed by atoms with Crippen molar-refractivity contribution < 1.29 is 4.74 Å². The molecule has 2 fully saturated rings. The Balaban J connectivity index is 1.81. The first-order valence-electron chi connectivity index (χ1n) is 9.78. The highest BCUT2D eigenvalue weighted by molar-refractivity contribution is 4.87. The van der Waals surface area contributed by atoms with Crippen LogP contribution in [0.2, 0.25) is 0 Å². The highest BCUT2D eigenvalue weighted by atomic mass is 16.5. The lowest BCUT2D eigenvalue weighted by Crippen LogP contribution is -2.51. The molecule has 1 saturated carbocycles. The van der Waals surface area contributed by atoms with Crippen LogP contribution in [0.3, 0.4) is 0 Å². The van der Waals surface area contributed by atoms with E-state index in [0.29, 0.717) is 24.3 Å². The van der Waals surface area contributed by atoms with Gasteiger partial charge in [-0.15, -0.1) is 0 Å². The smallest absolute Gasteiger partial charge is 0.0608 e. The molecule has 0 spiro atoms. The van der Waals surface area contributed by atoms with E-state index >= 15 is 0 Å². The van der Waals surface area contributed by atoms with Crippen LogP contribution in [0.4, 0.5) is 0 Å². The van der Waals surface area contributed by atoms with Crippen molar-refractivity contribution in [2.24, 2.45) is 17.8 Å². The van der Waals surface area contributed by atoms with E-state index < -0.39 is 0 Å². The van der Waals surface area contributed by atoms with E-state index in [0.717, 1.165) is 17.8 Å². The second kappa shape index (κ2) is 8.15. The third kappa shape index (κ3) is 4.96. The topological polar surface area (TPSA) is 12.5 Å². The molecule has 2 unspecified atom stereocenters. The molecule has 1 heterocycles. The zero-order chi connectivity index (χ0) is 16.3. The average molecular weight is 310 g/mol. The van der Waals surface area contributed by atoms with Crippen molar-refractivity contribution in [1.29, 1.82) is 0 Å². The quantitative estimate of drug-likeness (QED) is 0.699. The summed E-state index contributed by atoms with van der Waals surface area (Å²) in [5.74, 6) is 2.79. The van der Waals surface area contributed by atoms with Crippen molar-refractivity contribution in [3.05, 3.63) is 0 Å². The minimum Gasteiger partial charge on any atom is -0.375 e. The van der Waals surface area contributed by atoms with Gasteiger partial charge in [0.05, 0.1) is 12.2 Å². The van der Waals surface area contributed by atoms with Crippen LogP contribution in [0.5, 0.6) is 0 Å². The third-order valence-electron chi connectivity index (χ3n) is 6.11. The lowest BCUT2D eigenvalue weighted by atomic mass is 9.76. The Morgan fingerprint density at radius 2 is 1.45 bits per heavy atom. The third-order valence-corrected chi connectivity index (χ3v) is 6.11. The van der Waals surface area contributed by atoms with Crippen LogP contribution in [0.25, 0.3) is 0 Å². The van der Waals surface area contributed by atoms with Gasteiger partial charge in [0.2, 0.25) is 0 Å². The second-order valence-corrected chi connectivity index (χ2v) is 8.70. The van der Waals surface area contributed by atoms with Gasteiger partial charge in [-0.3, -0.25) is 4.90 Å². The van der Waals surface area contributed by atoms with Crippen LogP contribution in [0.15, 0.2) is 0 Å². The van der Waals surface area contributed by atoms with Gasteiger partial charge in [0.1, 0.15) is 0 Å². The van der Waals surface area contributed by atoms with Crippen molar-refractivity contribution in [3.63, 3.8) is 0 Å². The SMILES string of the molecule is CC(C)OC1CC(C)N(CC2CCC(C(C)C)CC2)C(C)C1. The first kappa shape index (κ1) is 18.3. The molecular weight excluding hydrogens is 270 g/mol. The van der Waals surface area contributed by atoms with E-state index in [-0.39, 0.29) is 0 Å². The molecular formula is C20H39NO. The van der Waals surface area contributed by atoms with Gasteiger partial charge in [-0.05, 0) is 84.0 Å². The molecule has 0 N–H and O–H groups in total. The Hall–Kier alpha value is -0.0800. The molecule has 2 nitrogen and oxygen atoms in total. The summed E-state index contributed by atoms with van der Waals surface area (Å²) in [5, 5.41) is 0. The first-order valence-corrected chi connectivity index (χ1v) is 9.78. The Kier molecular flexibility index (Phi) is 6.76. The molecule has 0 aromatic carbocycles. The van der Waals surface area contributed by atoms with Gasteiger partial charge < -0.3 is 4.74 Å². The maximum absolute atomic E-state index is 6.08. The summed E-state index contributed by atoms with van der Waals surface area (Å²) < 4.78 is 6.08. The van der Waals surface area contributed by atoms with E-state index in [2.05, 4.69) is 46.4 Å². The van der Waals surface area contributed by atoms with Crippen LogP contribution < -0.4 is 0 Å². The van der Waals surface area contributed by atoms with E-state index in [1.807, 2.05) is 0 Å². The van der Waals surface area contributed by atoms with Gasteiger partial charge >= 0.3 is 0 Å². The largest absolute Gasteiger partial charge is 0.375 e. The van der Waals surface area contributed by atoms with E-state index in [1.165, 1.54) is 45.1 Å². The summed E-state index contributed by atoms with van der Waals surface area (Å²) in [7, 11) is 0. The predicted molar refractivity (Wildman–Crippen MR) is 95.2 cm³/mol. The first-order chi connectivity index (χ1) is 10.4. The van der Waals surface area contributed by atoms with E-state index in [4.69, 9.17) is 4.74 Å². The number of ether oxygens (including phenoxy) is 1. The summed E-state index contributed by atoms with van der Waals surface area (Å²) in [6.45, 7) is 15.3. The fourth-order valence-corrected chi connectivity index (χ4v) is 4.75. The highest BCUT2D eigenvalue weighted by Gasteiger charge is 2.34. The molecule has 22 heavy (non-hydrogen) atoms. The number of rotatable bonds is 5. The van der Waals surface area contributed by atoms with Gasteiger partial charge in [-0.2, -0.15) is 0 Å². The fourth-order valence-electron chi connectivity index (χ4n) is 4.75. The molecule has 1 saturated heterocycles. The molecule has 1 aliphatic carbocycles. The van der Waals surface area contributed by atoms with Crippen LogP contribution in [0, 0.1) is 17.8 Å². The van der Waals surface area contributed by atoms with Crippen molar-refractivity contribution >= 4 is 0 Å². The fraction of sp³-hybridized carbons (Fsp3) is 1.00. The zero-order valence-electron chi connectivity index (χ0n) is 15.8. The van der Waals surface area contributed by atoms with Crippen molar-refractivity contribution in [3.8, 4) is 0 Å². The monoisotopic (exact) mass is 309 g/mol. The Morgan fingerprint density at radius 3 is 1.91 bits per heavy atom. The van der Waals surface area contributed by atoms with Crippen molar-refractivity contribution in [2.75, 3.05) is 6.54 Å². The average Bonchev–Trinajstić information content (AvgIpc) is 2.42. The van der Waals surface area contributed by atoms with Gasteiger partial charge in [-0.25, -0.2) is 0 Å². The zero-order valence-corrected chi connectivity index (χ0v) is 15.8. The van der Waals surface area contributed by atoms with Crippen molar-refractivity contribution in [2.45, 2.75) is 104 Å². The van der Waals surface area contributed by atoms with E-state index in [9.17, 15) is 0 Å². The summed E-state index contributed by atoms with van der Waals surface area (Å²) in [6.07, 6.45) is 9.07. The molecule has 1 aliphatic heterocycles. The van der Waals surface area contributed by atoms with Crippen LogP contribution in [-0.4, -0.2) is 35.7 Å². The molecule has 2 aliphatic rings. The normalized spacial score (nSPS) is 37.9. The summed E-state index contributed by atoms with van der Waals surface area (Å²) in [4.78, 5) is 2.78. The maximum Gasteiger partial charge on any atom is 0.0608 e. The summed E-state index contributed by atoms with van der Waals surface area (Å²) in [6, 6.07) is 1.35. The number of piperidine rings is 1. The standard InChI is InChI=1S/C20H39NO/c1-14(2)19-9-7-18(8-10-19)13-21-16(5)11-20(12-17(21)6)22-15(3)4/h14-20H,7-13H2,1-6H3. The van der Waals surface area contributed by atoms with Crippen LogP contribution >= 0.6 is 0 Å². The Bertz CT molecular complexity index is 308. The molecule has 2 heteroatoms. The molecule has 0 bridgehead atoms. The molecule has 0 aromatic rings. The van der Waals surface area contributed by atoms with Gasteiger partial charge in [0.25, 0.3) is 0 Å². The van der Waals surface area contributed by atoms with Gasteiger partial charge in [0.15, 0.2) is 0 Å². The Labute approximate surface area is 139 Å². The minimum atomic E-state index is 0.363. The van der Waals surface area contributed by atoms with E-state index in [1.54, 1.807) is 0 Å². The Morgan fingerprint density at radius 1 is 0.909 bits per heavy atom. The minimum absolute atomic E-state index is 0.363. The predicted octanol–water partition coefficient (Wildman–Crippen LogP) is 5.12. The van der Waals surface area contributed by atoms with Crippen molar-refractivity contribution in [1.82, 2.24) is 4.90 Å². The molecule has 0 aromatic heterocycles. The number of nitrogens with zero attached hydrogens (tertiary/aromatic N) is 1. The lowest BCUT2D eigenvalue weighted by molar-refractivity contribution is -0.0634. The molecule has 2 atom stereocenters. The molecule has 0 amide bonds. The summed E-state index contributed by atoms with van der Waals surface area (Å²) >= 11 is 0. The van der Waals surface area contributed by atoms with Crippen LogP contribution in [-0.2, 0) is 4.74 Å². The number of hydrogen-bond acceptors (Lipinski definition) is 2. The maximum atomic E-state index is 6.08. The molecule has 0 radical (unpaired) electrons. The number of likely N-dealkylation sites (tertiary alicyclic amines) is 1. The van der Waals surface area contributed by atoms with Crippen LogP contribution in [0.1, 0.15) is 80.1 Å². The molecule has 2 rings (SSSR count). The van der Waals surface area contributed by atoms with Gasteiger partial charge in [-0.1, -0.05) is 13.8 Å². The number of hydrogen-bond donors (Lipinski definition) is 0. The van der Waals surface area contributed by atoms with Gasteiger partial charge in [0, 0.05) is 18.6 Å². The highest BCUT2D eigenvalue weighted by Crippen LogP contribution is 2.35. The second-order valence-electron chi connectivity index (χ2n) is 8.70. The molecule has 130 valence electrons.